The van der Waals surface area contributed by atoms with Crippen LogP contribution in [0.4, 0.5) is 19.3 Å². The van der Waals surface area contributed by atoms with Gasteiger partial charge in [-0.05, 0) is 36.6 Å². The number of pyridine rings is 1. The first-order valence-corrected chi connectivity index (χ1v) is 10.8. The molecule has 5 rings (SSSR count). The maximum Gasteiger partial charge on any atom is 0.321 e. The molecule has 166 valence electrons. The van der Waals surface area contributed by atoms with Gasteiger partial charge in [-0.25, -0.2) is 13.6 Å². The third-order valence-electron chi connectivity index (χ3n) is 6.38. The van der Waals surface area contributed by atoms with E-state index < -0.39 is 17.7 Å². The molecule has 2 aromatic heterocycles. The Morgan fingerprint density at radius 1 is 1.12 bits per heavy atom. The molecule has 1 aliphatic heterocycles. The number of anilines is 1. The number of hydrogen-bond donors (Lipinski definition) is 1. The van der Waals surface area contributed by atoms with Gasteiger partial charge in [-0.3, -0.25) is 4.98 Å². The van der Waals surface area contributed by atoms with Crippen molar-refractivity contribution in [3.63, 3.8) is 0 Å². The van der Waals surface area contributed by atoms with Gasteiger partial charge in [-0.15, -0.1) is 0 Å². The highest BCUT2D eigenvalue weighted by molar-refractivity contribution is 5.89. The number of carbonyl (C=O) groups excluding carboxylic acids is 1. The molecule has 1 aromatic carbocycles. The van der Waals surface area contributed by atoms with Crippen molar-refractivity contribution in [3.8, 4) is 0 Å². The predicted octanol–water partition coefficient (Wildman–Crippen LogP) is 4.82. The number of nitrogens with one attached hydrogen (secondary N) is 1. The van der Waals surface area contributed by atoms with E-state index in [1.165, 1.54) is 12.8 Å². The summed E-state index contributed by atoms with van der Waals surface area (Å²) in [6.45, 7) is 0.675. The zero-order valence-corrected chi connectivity index (χ0v) is 17.4. The molecule has 1 N–H and O–H groups in total. The van der Waals surface area contributed by atoms with Crippen LogP contribution in [-0.2, 0) is 0 Å². The van der Waals surface area contributed by atoms with E-state index in [-0.39, 0.29) is 17.5 Å². The summed E-state index contributed by atoms with van der Waals surface area (Å²) in [5.74, 6) is -0.105. The van der Waals surface area contributed by atoms with Gasteiger partial charge in [0, 0.05) is 43.4 Å². The van der Waals surface area contributed by atoms with Crippen LogP contribution in [0.3, 0.4) is 0 Å². The number of halogens is 2. The van der Waals surface area contributed by atoms with Crippen LogP contribution in [0.5, 0.6) is 0 Å². The van der Waals surface area contributed by atoms with E-state index in [2.05, 4.69) is 20.4 Å². The summed E-state index contributed by atoms with van der Waals surface area (Å²) in [6, 6.07) is 6.24. The Morgan fingerprint density at radius 3 is 2.72 bits per heavy atom. The average molecular weight is 439 g/mol. The molecule has 9 heteroatoms. The fraction of sp³-hybridized carbons (Fsp3) is 0.391. The van der Waals surface area contributed by atoms with Crippen molar-refractivity contribution >= 4 is 11.7 Å². The summed E-state index contributed by atoms with van der Waals surface area (Å²) in [7, 11) is 0. The van der Waals surface area contributed by atoms with Gasteiger partial charge in [0.05, 0.1) is 11.6 Å². The first-order chi connectivity index (χ1) is 15.6. The molecule has 3 heterocycles. The Hall–Kier alpha value is -3.36. The summed E-state index contributed by atoms with van der Waals surface area (Å²) < 4.78 is 33.2. The molecule has 1 saturated carbocycles. The molecular formula is C23H23F2N5O2. The second-order valence-corrected chi connectivity index (χ2v) is 8.43. The van der Waals surface area contributed by atoms with Gasteiger partial charge in [-0.2, -0.15) is 4.98 Å². The van der Waals surface area contributed by atoms with E-state index >= 15 is 0 Å². The number of nitrogens with zero attached hydrogens (tertiary/aromatic N) is 4. The number of benzene rings is 1. The minimum atomic E-state index is -0.697. The highest BCUT2D eigenvalue weighted by atomic mass is 19.1. The van der Waals surface area contributed by atoms with E-state index in [1.54, 1.807) is 17.3 Å². The fourth-order valence-corrected chi connectivity index (χ4v) is 4.69. The van der Waals surface area contributed by atoms with Crippen molar-refractivity contribution in [2.75, 3.05) is 18.4 Å². The van der Waals surface area contributed by atoms with Crippen LogP contribution >= 0.6 is 0 Å². The summed E-state index contributed by atoms with van der Waals surface area (Å²) in [5.41, 5.74) is 0.753. The number of aromatic nitrogens is 3. The summed E-state index contributed by atoms with van der Waals surface area (Å²) in [4.78, 5) is 23.3. The van der Waals surface area contributed by atoms with Crippen LogP contribution in [0, 0.1) is 11.6 Å². The standard InChI is InChI=1S/C23H23F2N5O2/c24-16-7-8-19(25)20(10-16)27-23(31)30-12-17(15-6-3-9-26-11-15)18(13-30)22-28-21(29-32-22)14-4-1-2-5-14/h3,6-11,14,17-18H,1-2,4-5,12-13H2,(H,27,31)/t17-,18+/m0/s1. The van der Waals surface area contributed by atoms with E-state index in [4.69, 9.17) is 4.52 Å². The number of hydrogen-bond acceptors (Lipinski definition) is 5. The molecule has 0 radical (unpaired) electrons. The molecule has 7 nitrogen and oxygen atoms in total. The van der Waals surface area contributed by atoms with Crippen LogP contribution in [0.15, 0.2) is 47.2 Å². The molecular weight excluding hydrogens is 416 g/mol. The van der Waals surface area contributed by atoms with Crippen molar-refractivity contribution in [1.82, 2.24) is 20.0 Å². The fourth-order valence-electron chi connectivity index (χ4n) is 4.69. The zero-order chi connectivity index (χ0) is 22.1. The first-order valence-electron chi connectivity index (χ1n) is 10.8. The molecule has 0 unspecified atom stereocenters. The number of rotatable bonds is 4. The van der Waals surface area contributed by atoms with Gasteiger partial charge in [0.25, 0.3) is 0 Å². The molecule has 1 saturated heterocycles. The summed E-state index contributed by atoms with van der Waals surface area (Å²) in [5, 5.41) is 6.69. The second kappa shape index (κ2) is 8.64. The number of likely N-dealkylation sites (tertiary alicyclic amines) is 1. The van der Waals surface area contributed by atoms with Gasteiger partial charge in [-0.1, -0.05) is 24.1 Å². The van der Waals surface area contributed by atoms with Crippen LogP contribution in [0.25, 0.3) is 0 Å². The topological polar surface area (TPSA) is 84.2 Å². The molecule has 0 spiro atoms. The van der Waals surface area contributed by atoms with Crippen molar-refractivity contribution in [2.45, 2.75) is 43.4 Å². The highest BCUT2D eigenvalue weighted by Gasteiger charge is 2.41. The monoisotopic (exact) mass is 439 g/mol. The van der Waals surface area contributed by atoms with Gasteiger partial charge in [0.15, 0.2) is 5.82 Å². The summed E-state index contributed by atoms with van der Waals surface area (Å²) in [6.07, 6.45) is 7.91. The van der Waals surface area contributed by atoms with Crippen LogP contribution < -0.4 is 5.32 Å². The molecule has 2 fully saturated rings. The molecule has 3 aromatic rings. The minimum absolute atomic E-state index is 0.108. The SMILES string of the molecule is O=C(Nc1cc(F)ccc1F)N1C[C@@H](c2cccnc2)[C@H](c2nc(C3CCCC3)no2)C1. The maximum atomic E-state index is 14.0. The minimum Gasteiger partial charge on any atom is -0.339 e. The van der Waals surface area contributed by atoms with Crippen LogP contribution in [0.1, 0.15) is 60.7 Å². The Morgan fingerprint density at radius 2 is 1.94 bits per heavy atom. The van der Waals surface area contributed by atoms with Gasteiger partial charge in [0.2, 0.25) is 5.89 Å². The van der Waals surface area contributed by atoms with E-state index in [9.17, 15) is 13.6 Å². The summed E-state index contributed by atoms with van der Waals surface area (Å²) >= 11 is 0. The number of amides is 2. The van der Waals surface area contributed by atoms with Crippen molar-refractivity contribution in [2.24, 2.45) is 0 Å². The zero-order valence-electron chi connectivity index (χ0n) is 17.4. The molecule has 2 amide bonds. The molecule has 1 aliphatic carbocycles. The first kappa shape index (κ1) is 20.5. The molecule has 0 bridgehead atoms. The Kier molecular flexibility index (Phi) is 5.55. The lowest BCUT2D eigenvalue weighted by Gasteiger charge is -2.17. The molecule has 2 aliphatic rings. The van der Waals surface area contributed by atoms with E-state index in [0.717, 1.165) is 42.4 Å². The quantitative estimate of drug-likeness (QED) is 0.630. The predicted molar refractivity (Wildman–Crippen MR) is 112 cm³/mol. The van der Waals surface area contributed by atoms with E-state index in [1.807, 2.05) is 12.1 Å². The maximum absolute atomic E-state index is 14.0. The van der Waals surface area contributed by atoms with Crippen molar-refractivity contribution < 1.29 is 18.1 Å². The number of carbonyl (C=O) groups is 1. The van der Waals surface area contributed by atoms with Crippen molar-refractivity contribution in [1.29, 1.82) is 0 Å². The smallest absolute Gasteiger partial charge is 0.321 e. The normalized spacial score (nSPS) is 21.2. The third kappa shape index (κ3) is 4.06. The Bertz CT molecular complexity index is 1100. The van der Waals surface area contributed by atoms with Gasteiger partial charge >= 0.3 is 6.03 Å². The van der Waals surface area contributed by atoms with E-state index in [0.29, 0.717) is 24.9 Å². The molecule has 2 atom stereocenters. The lowest BCUT2D eigenvalue weighted by molar-refractivity contribution is 0.221. The van der Waals surface area contributed by atoms with Crippen LogP contribution in [-0.4, -0.2) is 39.1 Å². The largest absolute Gasteiger partial charge is 0.339 e. The van der Waals surface area contributed by atoms with Crippen molar-refractivity contribution in [3.05, 3.63) is 71.6 Å². The Labute approximate surface area is 183 Å². The average Bonchev–Trinajstić information content (AvgIpc) is 3.56. The Balaban J connectivity index is 1.39. The van der Waals surface area contributed by atoms with Crippen LogP contribution in [0.2, 0.25) is 0 Å². The highest BCUT2D eigenvalue weighted by Crippen LogP contribution is 2.40. The molecule has 32 heavy (non-hydrogen) atoms. The number of urea groups is 1. The third-order valence-corrected chi connectivity index (χ3v) is 6.38. The van der Waals surface area contributed by atoms with Gasteiger partial charge < -0.3 is 14.7 Å². The van der Waals surface area contributed by atoms with Gasteiger partial charge in [0.1, 0.15) is 11.6 Å². The second-order valence-electron chi connectivity index (χ2n) is 8.43. The lowest BCUT2D eigenvalue weighted by Crippen LogP contribution is -2.33. The lowest BCUT2D eigenvalue weighted by atomic mass is 9.90.